The molecule has 1 aliphatic rings. The van der Waals surface area contributed by atoms with Crippen LogP contribution in [-0.2, 0) is 4.74 Å². The number of nitrogens with one attached hydrogen (secondary N) is 1. The second-order valence-electron chi connectivity index (χ2n) is 8.71. The Balaban J connectivity index is 1.32. The molecule has 1 N–H and O–H groups in total. The fraction of sp³-hybridized carbons (Fsp3) is 0.207. The van der Waals surface area contributed by atoms with Gasteiger partial charge < -0.3 is 10.1 Å². The second kappa shape index (κ2) is 10.8. The number of anilines is 1. The molecule has 2 aromatic carbocycles. The van der Waals surface area contributed by atoms with E-state index in [1.54, 1.807) is 18.3 Å². The van der Waals surface area contributed by atoms with Gasteiger partial charge in [0.25, 0.3) is 5.91 Å². The van der Waals surface area contributed by atoms with Crippen LogP contribution in [0, 0.1) is 18.8 Å². The van der Waals surface area contributed by atoms with Crippen molar-refractivity contribution in [2.45, 2.75) is 25.8 Å². The molecule has 2 aromatic heterocycles. The summed E-state index contributed by atoms with van der Waals surface area (Å²) in [5, 5.41) is 7.80. The Bertz CT molecular complexity index is 1450. The van der Waals surface area contributed by atoms with Gasteiger partial charge >= 0.3 is 0 Å². The Morgan fingerprint density at radius 2 is 1.81 bits per heavy atom. The van der Waals surface area contributed by atoms with Gasteiger partial charge in [0.15, 0.2) is 0 Å². The van der Waals surface area contributed by atoms with Gasteiger partial charge in [-0.3, -0.25) is 9.48 Å². The summed E-state index contributed by atoms with van der Waals surface area (Å²) in [7, 11) is 0. The standard InChI is InChI=1S/C29H25ClN4O2/c1-20-15-22(8-7-21-5-3-2-4-6-21)17-31-28(20)33-29(35)26-16-23(9-10-27(26)30)24-18-32-34(19-24)25-11-13-36-14-12-25/h2-6,9-10,15-19,25H,11-14H2,1H3,(H,31,33,35). The Morgan fingerprint density at radius 1 is 1.03 bits per heavy atom. The molecular formula is C29H25ClN4O2. The van der Waals surface area contributed by atoms with Crippen molar-refractivity contribution in [3.05, 3.63) is 100 Å². The van der Waals surface area contributed by atoms with Crippen LogP contribution in [-0.4, -0.2) is 33.9 Å². The van der Waals surface area contributed by atoms with Crippen molar-refractivity contribution in [2.24, 2.45) is 0 Å². The van der Waals surface area contributed by atoms with Gasteiger partial charge in [-0.05, 0) is 61.2 Å². The topological polar surface area (TPSA) is 69.0 Å². The van der Waals surface area contributed by atoms with Gasteiger partial charge in [0.1, 0.15) is 5.82 Å². The molecule has 0 radical (unpaired) electrons. The molecule has 0 saturated carbocycles. The average Bonchev–Trinajstić information content (AvgIpc) is 3.41. The molecule has 36 heavy (non-hydrogen) atoms. The summed E-state index contributed by atoms with van der Waals surface area (Å²) in [6, 6.07) is 17.4. The molecule has 1 aliphatic heterocycles. The lowest BCUT2D eigenvalue weighted by molar-refractivity contribution is 0.0662. The molecule has 1 fully saturated rings. The van der Waals surface area contributed by atoms with E-state index >= 15 is 0 Å². The van der Waals surface area contributed by atoms with Crippen molar-refractivity contribution in [1.82, 2.24) is 14.8 Å². The van der Waals surface area contributed by atoms with Crippen molar-refractivity contribution < 1.29 is 9.53 Å². The molecule has 6 nitrogen and oxygen atoms in total. The molecule has 1 saturated heterocycles. The molecule has 7 heteroatoms. The van der Waals surface area contributed by atoms with E-state index in [0.717, 1.165) is 53.9 Å². The highest BCUT2D eigenvalue weighted by Crippen LogP contribution is 2.28. The Labute approximate surface area is 215 Å². The van der Waals surface area contributed by atoms with Crippen LogP contribution >= 0.6 is 11.6 Å². The number of ether oxygens (including phenoxy) is 1. The molecule has 0 aliphatic carbocycles. The number of hydrogen-bond donors (Lipinski definition) is 1. The first-order valence-corrected chi connectivity index (χ1v) is 12.2. The van der Waals surface area contributed by atoms with Crippen molar-refractivity contribution in [3.8, 4) is 23.0 Å². The highest BCUT2D eigenvalue weighted by Gasteiger charge is 2.18. The number of carbonyl (C=O) groups is 1. The summed E-state index contributed by atoms with van der Waals surface area (Å²) in [4.78, 5) is 17.5. The summed E-state index contributed by atoms with van der Waals surface area (Å²) in [6.45, 7) is 3.39. The Hall–Kier alpha value is -3.92. The number of rotatable bonds is 4. The predicted octanol–water partition coefficient (Wildman–Crippen LogP) is 5.91. The maximum absolute atomic E-state index is 13.1. The molecule has 1 amide bonds. The van der Waals surface area contributed by atoms with E-state index < -0.39 is 0 Å². The van der Waals surface area contributed by atoms with Gasteiger partial charge in [0.05, 0.1) is 22.8 Å². The van der Waals surface area contributed by atoms with E-state index in [-0.39, 0.29) is 5.91 Å². The van der Waals surface area contributed by atoms with Crippen LogP contribution in [0.1, 0.15) is 45.9 Å². The van der Waals surface area contributed by atoms with Gasteiger partial charge in [0.2, 0.25) is 0 Å². The van der Waals surface area contributed by atoms with Crippen molar-refractivity contribution in [1.29, 1.82) is 0 Å². The largest absolute Gasteiger partial charge is 0.381 e. The van der Waals surface area contributed by atoms with Gasteiger partial charge in [-0.15, -0.1) is 0 Å². The van der Waals surface area contributed by atoms with Crippen molar-refractivity contribution in [3.63, 3.8) is 0 Å². The van der Waals surface area contributed by atoms with Gasteiger partial charge in [-0.25, -0.2) is 4.98 Å². The lowest BCUT2D eigenvalue weighted by Gasteiger charge is -2.22. The monoisotopic (exact) mass is 496 g/mol. The Morgan fingerprint density at radius 3 is 2.58 bits per heavy atom. The van der Waals surface area contributed by atoms with Crippen LogP contribution in [0.5, 0.6) is 0 Å². The van der Waals surface area contributed by atoms with Crippen LogP contribution in [0.2, 0.25) is 5.02 Å². The maximum atomic E-state index is 13.1. The third-order valence-electron chi connectivity index (χ3n) is 6.15. The molecule has 0 bridgehead atoms. The summed E-state index contributed by atoms with van der Waals surface area (Å²) < 4.78 is 7.44. The first-order valence-electron chi connectivity index (χ1n) is 11.8. The quantitative estimate of drug-likeness (QED) is 0.356. The summed E-state index contributed by atoms with van der Waals surface area (Å²) in [5.41, 5.74) is 4.70. The van der Waals surface area contributed by atoms with E-state index in [4.69, 9.17) is 16.3 Å². The van der Waals surface area contributed by atoms with E-state index in [0.29, 0.717) is 22.4 Å². The fourth-order valence-corrected chi connectivity index (χ4v) is 4.33. The molecule has 5 rings (SSSR count). The van der Waals surface area contributed by atoms with E-state index in [1.165, 1.54) is 0 Å². The smallest absolute Gasteiger partial charge is 0.258 e. The summed E-state index contributed by atoms with van der Waals surface area (Å²) in [6.07, 6.45) is 7.38. The average molecular weight is 497 g/mol. The zero-order valence-corrected chi connectivity index (χ0v) is 20.6. The van der Waals surface area contributed by atoms with E-state index in [1.807, 2.05) is 66.5 Å². The van der Waals surface area contributed by atoms with E-state index in [2.05, 4.69) is 27.2 Å². The maximum Gasteiger partial charge on any atom is 0.258 e. The number of amides is 1. The van der Waals surface area contributed by atoms with Crippen molar-refractivity contribution in [2.75, 3.05) is 18.5 Å². The number of hydrogen-bond acceptors (Lipinski definition) is 4. The molecular weight excluding hydrogens is 472 g/mol. The molecule has 0 spiro atoms. The molecule has 4 aromatic rings. The normalized spacial score (nSPS) is 13.6. The van der Waals surface area contributed by atoms with Crippen LogP contribution in [0.4, 0.5) is 5.82 Å². The first kappa shape index (κ1) is 23.8. The van der Waals surface area contributed by atoms with Crippen LogP contribution < -0.4 is 5.32 Å². The fourth-order valence-electron chi connectivity index (χ4n) is 4.13. The molecule has 180 valence electrons. The number of halogens is 1. The van der Waals surface area contributed by atoms with Crippen LogP contribution in [0.25, 0.3) is 11.1 Å². The lowest BCUT2D eigenvalue weighted by Crippen LogP contribution is -2.19. The predicted molar refractivity (Wildman–Crippen MR) is 141 cm³/mol. The molecule has 3 heterocycles. The van der Waals surface area contributed by atoms with Gasteiger partial charge in [0, 0.05) is 42.3 Å². The van der Waals surface area contributed by atoms with Crippen LogP contribution in [0.15, 0.2) is 73.2 Å². The third-order valence-corrected chi connectivity index (χ3v) is 6.48. The zero-order chi connectivity index (χ0) is 24.9. The zero-order valence-electron chi connectivity index (χ0n) is 19.9. The summed E-state index contributed by atoms with van der Waals surface area (Å²) >= 11 is 6.40. The van der Waals surface area contributed by atoms with Gasteiger partial charge in [-0.2, -0.15) is 5.10 Å². The number of aryl methyl sites for hydroxylation is 1. The lowest BCUT2D eigenvalue weighted by atomic mass is 10.1. The Kier molecular flexibility index (Phi) is 7.13. The minimum Gasteiger partial charge on any atom is -0.381 e. The molecule has 0 unspecified atom stereocenters. The van der Waals surface area contributed by atoms with E-state index in [9.17, 15) is 4.79 Å². The van der Waals surface area contributed by atoms with Gasteiger partial charge in [-0.1, -0.05) is 47.7 Å². The highest BCUT2D eigenvalue weighted by atomic mass is 35.5. The third kappa shape index (κ3) is 5.49. The SMILES string of the molecule is Cc1cc(C#Cc2ccccc2)cnc1NC(=O)c1cc(-c2cnn(C3CCOCC3)c2)ccc1Cl. The van der Waals surface area contributed by atoms with Crippen LogP contribution in [0.3, 0.4) is 0 Å². The molecule has 0 atom stereocenters. The van der Waals surface area contributed by atoms with Crippen molar-refractivity contribution >= 4 is 23.3 Å². The summed E-state index contributed by atoms with van der Waals surface area (Å²) in [5.74, 6) is 6.38. The minimum absolute atomic E-state index is 0.322. The highest BCUT2D eigenvalue weighted by molar-refractivity contribution is 6.34. The number of aromatic nitrogens is 3. The number of benzene rings is 2. The number of nitrogens with zero attached hydrogens (tertiary/aromatic N) is 3. The second-order valence-corrected chi connectivity index (χ2v) is 9.11. The number of pyridine rings is 1. The minimum atomic E-state index is -0.322. The number of carbonyl (C=O) groups excluding carboxylic acids is 1. The first-order chi connectivity index (χ1) is 17.6.